The molecule has 0 spiro atoms. The molecule has 300 valence electrons. The molecular formula is C39H55N7O8S. The lowest BCUT2D eigenvalue weighted by Gasteiger charge is -2.32. The van der Waals surface area contributed by atoms with E-state index in [1.165, 1.54) is 21.9 Å². The van der Waals surface area contributed by atoms with Crippen molar-refractivity contribution in [1.29, 1.82) is 0 Å². The fourth-order valence-electron chi connectivity index (χ4n) is 7.08. The number of aromatic hydroxyl groups is 1. The van der Waals surface area contributed by atoms with Gasteiger partial charge in [-0.3, -0.25) is 24.0 Å². The number of nitrogens with zero attached hydrogens (tertiary/aromatic N) is 2. The van der Waals surface area contributed by atoms with Crippen molar-refractivity contribution in [1.82, 2.24) is 25.8 Å². The van der Waals surface area contributed by atoms with Crippen LogP contribution in [0.1, 0.15) is 62.5 Å². The third-order valence-corrected chi connectivity index (χ3v) is 10.7. The van der Waals surface area contributed by atoms with Gasteiger partial charge in [0.15, 0.2) is 0 Å². The number of carbonyl (C=O) groups is 6. The molecule has 6 atom stereocenters. The van der Waals surface area contributed by atoms with E-state index in [9.17, 15) is 39.0 Å². The number of thioether (sulfide) groups is 1. The molecule has 0 saturated carbocycles. The van der Waals surface area contributed by atoms with Crippen LogP contribution in [0.15, 0.2) is 54.6 Å². The van der Waals surface area contributed by atoms with Gasteiger partial charge >= 0.3 is 5.97 Å². The van der Waals surface area contributed by atoms with Crippen LogP contribution in [-0.4, -0.2) is 123 Å². The molecule has 0 bridgehead atoms. The topological polar surface area (TPSA) is 237 Å². The average molecular weight is 782 g/mol. The van der Waals surface area contributed by atoms with Crippen molar-refractivity contribution in [2.75, 3.05) is 31.6 Å². The van der Waals surface area contributed by atoms with Gasteiger partial charge in [0, 0.05) is 25.9 Å². The molecule has 0 aliphatic carbocycles. The fraction of sp³-hybridized carbons (Fsp3) is 0.538. The van der Waals surface area contributed by atoms with Crippen LogP contribution in [0.5, 0.6) is 5.75 Å². The normalized spacial score (nSPS) is 18.9. The summed E-state index contributed by atoms with van der Waals surface area (Å²) in [6.07, 6.45) is 5.61. The molecule has 2 heterocycles. The standard InChI is InChI=1S/C39H55N7O8S/c1-55-22-18-28(41)37(51)45-20-7-12-32(45)36(50)43-30(23-25-9-3-2-4-10-25)38(52)46-21-8-13-33(46)35(49)42-29(11-5-6-19-40)34(48)44-31(39(53)54)24-26-14-16-27(47)17-15-26/h2-4,9-10,14-17,28-33,47H,5-8,11-13,18-24,40-41H2,1H3,(H,42,49)(H,43,50)(H,44,48)(H,53,54)/t28-,29-,30-,31-,32-,33-/m0/s1. The van der Waals surface area contributed by atoms with E-state index < -0.39 is 65.8 Å². The number of hydrogen-bond acceptors (Lipinski definition) is 10. The van der Waals surface area contributed by atoms with Crippen LogP contribution in [0.2, 0.25) is 0 Å². The second-order valence-electron chi connectivity index (χ2n) is 14.1. The number of nitrogens with one attached hydrogen (secondary N) is 3. The maximum absolute atomic E-state index is 14.4. The van der Waals surface area contributed by atoms with E-state index in [-0.39, 0.29) is 37.5 Å². The number of amides is 5. The first-order valence-electron chi connectivity index (χ1n) is 18.9. The number of likely N-dealkylation sites (tertiary alicyclic amines) is 2. The first-order chi connectivity index (χ1) is 26.4. The molecule has 2 aromatic rings. The van der Waals surface area contributed by atoms with Gasteiger partial charge in [0.2, 0.25) is 29.5 Å². The fourth-order valence-corrected chi connectivity index (χ4v) is 7.56. The number of hydrogen-bond donors (Lipinski definition) is 7. The molecule has 2 aliphatic heterocycles. The minimum Gasteiger partial charge on any atom is -0.508 e. The Labute approximate surface area is 326 Å². The van der Waals surface area contributed by atoms with Crippen molar-refractivity contribution in [3.63, 3.8) is 0 Å². The lowest BCUT2D eigenvalue weighted by atomic mass is 10.0. The maximum Gasteiger partial charge on any atom is 0.326 e. The van der Waals surface area contributed by atoms with Crippen molar-refractivity contribution in [2.24, 2.45) is 11.5 Å². The number of phenols is 1. The van der Waals surface area contributed by atoms with Gasteiger partial charge in [-0.05, 0) is 93.2 Å². The van der Waals surface area contributed by atoms with Crippen molar-refractivity contribution >= 4 is 47.3 Å². The molecule has 2 saturated heterocycles. The largest absolute Gasteiger partial charge is 0.508 e. The predicted molar refractivity (Wildman–Crippen MR) is 209 cm³/mol. The molecule has 55 heavy (non-hydrogen) atoms. The van der Waals surface area contributed by atoms with Crippen LogP contribution in [0.25, 0.3) is 0 Å². The number of carbonyl (C=O) groups excluding carboxylic acids is 5. The van der Waals surface area contributed by atoms with Crippen LogP contribution in [0.3, 0.4) is 0 Å². The number of phenolic OH excluding ortho intramolecular Hbond substituents is 1. The molecule has 2 aromatic carbocycles. The minimum atomic E-state index is -1.31. The maximum atomic E-state index is 14.4. The Hall–Kier alpha value is -4.67. The van der Waals surface area contributed by atoms with Crippen molar-refractivity contribution in [3.8, 4) is 5.75 Å². The highest BCUT2D eigenvalue weighted by Gasteiger charge is 2.41. The molecule has 2 aliphatic rings. The number of carboxylic acid groups (broad SMARTS) is 1. The Morgan fingerprint density at radius 2 is 1.33 bits per heavy atom. The third-order valence-electron chi connectivity index (χ3n) is 10.1. The number of rotatable bonds is 20. The second-order valence-corrected chi connectivity index (χ2v) is 15.1. The Kier molecular flexibility index (Phi) is 16.8. The predicted octanol–water partition coefficient (Wildman–Crippen LogP) is 0.908. The van der Waals surface area contributed by atoms with Crippen molar-refractivity contribution in [2.45, 2.75) is 100 Å². The highest BCUT2D eigenvalue weighted by atomic mass is 32.2. The van der Waals surface area contributed by atoms with Gasteiger partial charge in [0.1, 0.15) is 36.0 Å². The highest BCUT2D eigenvalue weighted by molar-refractivity contribution is 7.98. The van der Waals surface area contributed by atoms with Gasteiger partial charge in [0.05, 0.1) is 6.04 Å². The Bertz CT molecular complexity index is 1610. The minimum absolute atomic E-state index is 0.0187. The zero-order chi connectivity index (χ0) is 39.9. The van der Waals surface area contributed by atoms with Gasteiger partial charge in [-0.15, -0.1) is 0 Å². The number of unbranched alkanes of at least 4 members (excludes halogenated alkanes) is 1. The van der Waals surface area contributed by atoms with Crippen molar-refractivity contribution in [3.05, 3.63) is 65.7 Å². The average Bonchev–Trinajstić information content (AvgIpc) is 3.88. The van der Waals surface area contributed by atoms with E-state index in [0.717, 1.165) is 5.56 Å². The summed E-state index contributed by atoms with van der Waals surface area (Å²) in [5.74, 6) is -3.03. The molecule has 2 fully saturated rings. The third kappa shape index (κ3) is 12.4. The summed E-state index contributed by atoms with van der Waals surface area (Å²) < 4.78 is 0. The van der Waals surface area contributed by atoms with E-state index in [1.54, 1.807) is 23.9 Å². The van der Waals surface area contributed by atoms with Crippen LogP contribution in [0, 0.1) is 0 Å². The van der Waals surface area contributed by atoms with E-state index in [2.05, 4.69) is 16.0 Å². The summed E-state index contributed by atoms with van der Waals surface area (Å²) in [6.45, 7) is 0.992. The second kappa shape index (κ2) is 21.4. The van der Waals surface area contributed by atoms with Gasteiger partial charge < -0.3 is 47.4 Å². The van der Waals surface area contributed by atoms with Gasteiger partial charge in [0.25, 0.3) is 0 Å². The van der Waals surface area contributed by atoms with Crippen LogP contribution in [0.4, 0.5) is 0 Å². The number of aliphatic carboxylic acids is 1. The summed E-state index contributed by atoms with van der Waals surface area (Å²) in [5, 5.41) is 27.7. The summed E-state index contributed by atoms with van der Waals surface area (Å²) in [5.41, 5.74) is 13.2. The summed E-state index contributed by atoms with van der Waals surface area (Å²) in [4.78, 5) is 84.0. The summed E-state index contributed by atoms with van der Waals surface area (Å²) in [7, 11) is 0. The van der Waals surface area contributed by atoms with Gasteiger partial charge in [-0.2, -0.15) is 11.8 Å². The first-order valence-corrected chi connectivity index (χ1v) is 20.3. The van der Waals surface area contributed by atoms with Crippen LogP contribution < -0.4 is 27.4 Å². The van der Waals surface area contributed by atoms with Gasteiger partial charge in [-0.1, -0.05) is 42.5 Å². The molecule has 4 rings (SSSR count). The Balaban J connectivity index is 1.49. The quantitative estimate of drug-likeness (QED) is 0.0933. The smallest absolute Gasteiger partial charge is 0.326 e. The summed E-state index contributed by atoms with van der Waals surface area (Å²) >= 11 is 1.58. The number of carboxylic acids is 1. The van der Waals surface area contributed by atoms with Crippen LogP contribution in [-0.2, 0) is 41.6 Å². The molecule has 0 unspecified atom stereocenters. The lowest BCUT2D eigenvalue weighted by Crippen LogP contribution is -2.59. The van der Waals surface area contributed by atoms with E-state index in [4.69, 9.17) is 11.5 Å². The Morgan fingerprint density at radius 3 is 1.91 bits per heavy atom. The van der Waals surface area contributed by atoms with E-state index in [0.29, 0.717) is 69.4 Å². The molecule has 16 heteroatoms. The zero-order valence-corrected chi connectivity index (χ0v) is 32.2. The molecule has 0 aromatic heterocycles. The van der Waals surface area contributed by atoms with E-state index in [1.807, 2.05) is 36.6 Å². The molecular weight excluding hydrogens is 727 g/mol. The monoisotopic (exact) mass is 781 g/mol. The SMILES string of the molecule is CSCC[C@H](N)C(=O)N1CCC[C@H]1C(=O)N[C@@H](Cc1ccccc1)C(=O)N1CCC[C@H]1C(=O)N[C@@H](CCCCN)C(=O)N[C@@H](Cc1ccc(O)cc1)C(=O)O. The molecule has 9 N–H and O–H groups in total. The zero-order valence-electron chi connectivity index (χ0n) is 31.4. The van der Waals surface area contributed by atoms with Crippen LogP contribution >= 0.6 is 11.8 Å². The molecule has 15 nitrogen and oxygen atoms in total. The number of benzene rings is 2. The van der Waals surface area contributed by atoms with Crippen molar-refractivity contribution < 1.29 is 39.0 Å². The first kappa shape index (κ1) is 43.1. The molecule has 0 radical (unpaired) electrons. The highest BCUT2D eigenvalue weighted by Crippen LogP contribution is 2.23. The van der Waals surface area contributed by atoms with E-state index >= 15 is 0 Å². The number of nitrogens with two attached hydrogens (primary N) is 2. The summed E-state index contributed by atoms with van der Waals surface area (Å²) in [6, 6.07) is 9.21. The lowest BCUT2D eigenvalue weighted by molar-refractivity contribution is -0.144. The Morgan fingerprint density at radius 1 is 0.764 bits per heavy atom. The molecule has 5 amide bonds. The van der Waals surface area contributed by atoms with Gasteiger partial charge in [-0.25, -0.2) is 4.79 Å².